The van der Waals surface area contributed by atoms with Crippen LogP contribution in [0.4, 0.5) is 11.4 Å². The zero-order chi connectivity index (χ0) is 28.9. The van der Waals surface area contributed by atoms with E-state index in [2.05, 4.69) is 31.3 Å². The Bertz CT molecular complexity index is 1360. The summed E-state index contributed by atoms with van der Waals surface area (Å²) in [5.74, 6) is -0.735. The van der Waals surface area contributed by atoms with Gasteiger partial charge in [0.05, 0.1) is 4.90 Å². The lowest BCUT2D eigenvalue weighted by Gasteiger charge is -2.36. The highest BCUT2D eigenvalue weighted by Gasteiger charge is 2.29. The standard InChI is InChI=1S/C28H38N6O5S/c1-19-16-20(2)26(21(3)17-19)40(38,39)32-24(27(36)37)8-9-25(35)34-14-12-33(13-15-34)23-7-4-6-22(18-23)31-28-29-10-5-11-30-28/h4,6-7,16-18,24,32H,5,8-15H2,1-3H3,(H,36,37)(H2,29,30,31)/t24-/m0/s1. The average molecular weight is 571 g/mol. The molecule has 0 spiro atoms. The van der Waals surface area contributed by atoms with E-state index in [1.807, 2.05) is 25.1 Å². The molecule has 1 fully saturated rings. The van der Waals surface area contributed by atoms with Gasteiger partial charge >= 0.3 is 5.97 Å². The quantitative estimate of drug-likeness (QED) is 0.360. The minimum absolute atomic E-state index is 0.0696. The van der Waals surface area contributed by atoms with Gasteiger partial charge < -0.3 is 25.5 Å². The highest BCUT2D eigenvalue weighted by molar-refractivity contribution is 7.89. The number of hydrogen-bond acceptors (Lipinski definition) is 8. The molecule has 0 radical (unpaired) electrons. The van der Waals surface area contributed by atoms with Crippen LogP contribution in [0.1, 0.15) is 36.0 Å². The fourth-order valence-corrected chi connectivity index (χ4v) is 6.92. The lowest BCUT2D eigenvalue weighted by atomic mass is 10.1. The molecule has 1 saturated heterocycles. The van der Waals surface area contributed by atoms with Crippen molar-refractivity contribution in [1.82, 2.24) is 14.9 Å². The molecule has 1 atom stereocenters. The molecular formula is C28H38N6O5S. The molecule has 40 heavy (non-hydrogen) atoms. The van der Waals surface area contributed by atoms with E-state index in [-0.39, 0.29) is 23.6 Å². The van der Waals surface area contributed by atoms with Crippen molar-refractivity contribution >= 4 is 39.2 Å². The van der Waals surface area contributed by atoms with Crippen LogP contribution in [-0.2, 0) is 19.6 Å². The summed E-state index contributed by atoms with van der Waals surface area (Å²) in [6, 6.07) is 10.1. The van der Waals surface area contributed by atoms with Gasteiger partial charge in [-0.15, -0.1) is 0 Å². The van der Waals surface area contributed by atoms with Crippen molar-refractivity contribution in [2.24, 2.45) is 4.99 Å². The Balaban J connectivity index is 1.31. The van der Waals surface area contributed by atoms with Crippen LogP contribution in [0.5, 0.6) is 0 Å². The van der Waals surface area contributed by atoms with Gasteiger partial charge in [-0.1, -0.05) is 23.8 Å². The molecule has 2 aliphatic heterocycles. The maximum atomic E-state index is 13.1. The molecule has 4 rings (SSSR count). The molecule has 0 aliphatic carbocycles. The van der Waals surface area contributed by atoms with E-state index in [0.717, 1.165) is 42.4 Å². The van der Waals surface area contributed by atoms with Crippen LogP contribution >= 0.6 is 0 Å². The molecule has 4 N–H and O–H groups in total. The molecule has 2 heterocycles. The van der Waals surface area contributed by atoms with Crippen molar-refractivity contribution in [2.75, 3.05) is 49.5 Å². The fraction of sp³-hybridized carbons (Fsp3) is 0.464. The minimum atomic E-state index is -4.09. The highest BCUT2D eigenvalue weighted by Crippen LogP contribution is 2.23. The first-order chi connectivity index (χ1) is 19.0. The Morgan fingerprint density at radius 3 is 2.40 bits per heavy atom. The number of carboxylic acid groups (broad SMARTS) is 1. The number of aliphatic imine (C=N–C) groups is 1. The van der Waals surface area contributed by atoms with Gasteiger partial charge in [0.2, 0.25) is 15.9 Å². The molecular weight excluding hydrogens is 532 g/mol. The number of carboxylic acids is 1. The first kappa shape index (κ1) is 29.3. The third kappa shape index (κ3) is 7.30. The van der Waals surface area contributed by atoms with E-state index < -0.39 is 22.0 Å². The predicted octanol–water partition coefficient (Wildman–Crippen LogP) is 2.23. The van der Waals surface area contributed by atoms with Crippen molar-refractivity contribution in [2.45, 2.75) is 51.0 Å². The molecule has 2 aliphatic rings. The van der Waals surface area contributed by atoms with Crippen molar-refractivity contribution < 1.29 is 23.1 Å². The number of nitrogens with zero attached hydrogens (tertiary/aromatic N) is 3. The molecule has 0 aromatic heterocycles. The Hall–Kier alpha value is -3.64. The summed E-state index contributed by atoms with van der Waals surface area (Å²) >= 11 is 0. The van der Waals surface area contributed by atoms with Gasteiger partial charge in [-0.05, 0) is 62.9 Å². The predicted molar refractivity (Wildman–Crippen MR) is 155 cm³/mol. The van der Waals surface area contributed by atoms with E-state index in [1.54, 1.807) is 30.9 Å². The summed E-state index contributed by atoms with van der Waals surface area (Å²) < 4.78 is 28.4. The number of aliphatic carboxylic acids is 1. The van der Waals surface area contributed by atoms with Crippen LogP contribution < -0.4 is 20.3 Å². The Morgan fingerprint density at radius 1 is 1.07 bits per heavy atom. The van der Waals surface area contributed by atoms with E-state index in [4.69, 9.17) is 0 Å². The lowest BCUT2D eigenvalue weighted by molar-refractivity contribution is -0.139. The summed E-state index contributed by atoms with van der Waals surface area (Å²) in [7, 11) is -4.09. The van der Waals surface area contributed by atoms with Crippen LogP contribution in [0, 0.1) is 20.8 Å². The summed E-state index contributed by atoms with van der Waals surface area (Å²) in [5, 5.41) is 16.3. The topological polar surface area (TPSA) is 143 Å². The number of benzene rings is 2. The van der Waals surface area contributed by atoms with Gasteiger partial charge in [-0.3, -0.25) is 14.6 Å². The Morgan fingerprint density at radius 2 is 1.77 bits per heavy atom. The zero-order valence-corrected chi connectivity index (χ0v) is 24.1. The van der Waals surface area contributed by atoms with Crippen LogP contribution in [0.25, 0.3) is 0 Å². The molecule has 216 valence electrons. The number of anilines is 2. The maximum absolute atomic E-state index is 13.1. The number of hydrogen-bond donors (Lipinski definition) is 4. The number of sulfonamides is 1. The van der Waals surface area contributed by atoms with Crippen molar-refractivity contribution in [3.8, 4) is 0 Å². The van der Waals surface area contributed by atoms with Crippen molar-refractivity contribution in [3.05, 3.63) is 53.1 Å². The second kappa shape index (κ2) is 12.7. The number of carbonyl (C=O) groups is 2. The Labute approximate surface area is 235 Å². The second-order valence-corrected chi connectivity index (χ2v) is 12.0. The number of nitrogens with one attached hydrogen (secondary N) is 3. The molecule has 2 aromatic rings. The van der Waals surface area contributed by atoms with E-state index >= 15 is 0 Å². The lowest BCUT2D eigenvalue weighted by Crippen LogP contribution is -2.49. The highest BCUT2D eigenvalue weighted by atomic mass is 32.2. The average Bonchev–Trinajstić information content (AvgIpc) is 2.90. The molecule has 11 nitrogen and oxygen atoms in total. The summed E-state index contributed by atoms with van der Waals surface area (Å²) in [6.45, 7) is 9.20. The van der Waals surface area contributed by atoms with Crippen LogP contribution in [0.15, 0.2) is 46.3 Å². The van der Waals surface area contributed by atoms with Crippen LogP contribution in [-0.4, -0.2) is 81.6 Å². The molecule has 0 bridgehead atoms. The largest absolute Gasteiger partial charge is 0.480 e. The maximum Gasteiger partial charge on any atom is 0.321 e. The van der Waals surface area contributed by atoms with Gasteiger partial charge in [0.25, 0.3) is 0 Å². The van der Waals surface area contributed by atoms with E-state index in [0.29, 0.717) is 37.3 Å². The number of piperazine rings is 1. The second-order valence-electron chi connectivity index (χ2n) is 10.3. The zero-order valence-electron chi connectivity index (χ0n) is 23.2. The van der Waals surface area contributed by atoms with Crippen molar-refractivity contribution in [1.29, 1.82) is 0 Å². The number of amides is 1. The number of guanidine groups is 1. The smallest absolute Gasteiger partial charge is 0.321 e. The Kier molecular flexibility index (Phi) is 9.31. The summed E-state index contributed by atoms with van der Waals surface area (Å²) in [6.07, 6.45) is 0.816. The third-order valence-corrected chi connectivity index (χ3v) is 8.90. The van der Waals surface area contributed by atoms with Gasteiger partial charge in [-0.2, -0.15) is 4.72 Å². The van der Waals surface area contributed by atoms with Gasteiger partial charge in [-0.25, -0.2) is 8.42 Å². The van der Waals surface area contributed by atoms with Crippen LogP contribution in [0.2, 0.25) is 0 Å². The van der Waals surface area contributed by atoms with Gasteiger partial charge in [0.1, 0.15) is 6.04 Å². The normalized spacial score (nSPS) is 16.6. The first-order valence-electron chi connectivity index (χ1n) is 13.5. The molecule has 0 unspecified atom stereocenters. The van der Waals surface area contributed by atoms with Crippen molar-refractivity contribution in [3.63, 3.8) is 0 Å². The van der Waals surface area contributed by atoms with Gasteiger partial charge in [0.15, 0.2) is 5.96 Å². The van der Waals surface area contributed by atoms with Crippen LogP contribution in [0.3, 0.4) is 0 Å². The first-order valence-corrected chi connectivity index (χ1v) is 15.0. The van der Waals surface area contributed by atoms with E-state index in [9.17, 15) is 23.1 Å². The third-order valence-electron chi connectivity index (χ3n) is 7.12. The fourth-order valence-electron chi connectivity index (χ4n) is 5.24. The number of rotatable bonds is 9. The molecule has 2 aromatic carbocycles. The molecule has 1 amide bonds. The SMILES string of the molecule is Cc1cc(C)c(S(=O)(=O)N[C@@H](CCC(=O)N2CCN(c3cccc(NC4=NCCCN4)c3)CC2)C(=O)O)c(C)c1. The number of aryl methyl sites for hydroxylation is 3. The van der Waals surface area contributed by atoms with E-state index in [1.165, 1.54) is 0 Å². The number of carbonyl (C=O) groups excluding carboxylic acids is 1. The molecule has 12 heteroatoms. The summed E-state index contributed by atoms with van der Waals surface area (Å²) in [4.78, 5) is 33.3. The summed E-state index contributed by atoms with van der Waals surface area (Å²) in [5.41, 5.74) is 3.98. The molecule has 0 saturated carbocycles. The monoisotopic (exact) mass is 570 g/mol. The van der Waals surface area contributed by atoms with Gasteiger partial charge in [0, 0.05) is 57.1 Å². The minimum Gasteiger partial charge on any atom is -0.480 e.